The number of morpholine rings is 1. The summed E-state index contributed by atoms with van der Waals surface area (Å²) in [5.74, 6) is 0.773. The number of imidazole rings is 1. The molecule has 0 bridgehead atoms. The number of hydrogen-bond acceptors (Lipinski definition) is 4. The van der Waals surface area contributed by atoms with Crippen LogP contribution in [0.2, 0.25) is 0 Å². The van der Waals surface area contributed by atoms with Gasteiger partial charge in [0.1, 0.15) is 11.5 Å². The molecule has 0 radical (unpaired) electrons. The summed E-state index contributed by atoms with van der Waals surface area (Å²) in [6.45, 7) is 5.23. The van der Waals surface area contributed by atoms with Gasteiger partial charge in [-0.05, 0) is 37.0 Å². The molecule has 2 aliphatic rings. The van der Waals surface area contributed by atoms with Gasteiger partial charge in [0, 0.05) is 37.4 Å². The first-order chi connectivity index (χ1) is 15.8. The molecule has 5 rings (SSSR count). The van der Waals surface area contributed by atoms with Crippen LogP contribution in [-0.2, 0) is 24.2 Å². The first-order valence-corrected chi connectivity index (χ1v) is 11.6. The fraction of sp³-hybridized carbons (Fsp3) is 0.385. The molecule has 166 valence electrons. The van der Waals surface area contributed by atoms with Crippen LogP contribution in [-0.4, -0.2) is 46.7 Å². The Morgan fingerprint density at radius 2 is 1.81 bits per heavy atom. The zero-order valence-electron chi connectivity index (χ0n) is 18.4. The Hall–Kier alpha value is -2.96. The standard InChI is InChI=1S/C26H30N4O2/c31-26(27-22-11-7-8-20(18-22)19-29-14-16-32-17-15-29)24-23-12-5-2-6-13-30(23)25(28-24)21-9-3-1-4-10-21/h1,3-4,7-11,18H,2,5-6,12-17,19H2,(H,27,31). The van der Waals surface area contributed by atoms with Gasteiger partial charge >= 0.3 is 0 Å². The number of fused-ring (bicyclic) bond motifs is 1. The van der Waals surface area contributed by atoms with E-state index in [1.165, 1.54) is 12.0 Å². The van der Waals surface area contributed by atoms with Crippen molar-refractivity contribution in [3.05, 3.63) is 71.5 Å². The molecule has 2 aromatic carbocycles. The van der Waals surface area contributed by atoms with Gasteiger partial charge in [0.25, 0.3) is 5.91 Å². The topological polar surface area (TPSA) is 59.4 Å². The number of aromatic nitrogens is 2. The highest BCUT2D eigenvalue weighted by atomic mass is 16.5. The van der Waals surface area contributed by atoms with Crippen molar-refractivity contribution in [2.75, 3.05) is 31.6 Å². The molecule has 0 atom stereocenters. The van der Waals surface area contributed by atoms with Crippen molar-refractivity contribution in [2.24, 2.45) is 0 Å². The van der Waals surface area contributed by atoms with E-state index in [9.17, 15) is 4.79 Å². The highest BCUT2D eigenvalue weighted by Crippen LogP contribution is 2.28. The van der Waals surface area contributed by atoms with Gasteiger partial charge in [-0.1, -0.05) is 48.9 Å². The molecule has 3 heterocycles. The summed E-state index contributed by atoms with van der Waals surface area (Å²) in [7, 11) is 0. The Bertz CT molecular complexity index is 1070. The van der Waals surface area contributed by atoms with Crippen LogP contribution in [0.4, 0.5) is 5.69 Å². The van der Waals surface area contributed by atoms with Crippen molar-refractivity contribution in [3.63, 3.8) is 0 Å². The first kappa shape index (κ1) is 20.9. The van der Waals surface area contributed by atoms with E-state index in [1.54, 1.807) is 0 Å². The smallest absolute Gasteiger partial charge is 0.276 e. The zero-order chi connectivity index (χ0) is 21.8. The van der Waals surface area contributed by atoms with Crippen LogP contribution in [0.1, 0.15) is 41.0 Å². The number of ether oxygens (including phenoxy) is 1. The van der Waals surface area contributed by atoms with Crippen LogP contribution < -0.4 is 5.32 Å². The van der Waals surface area contributed by atoms with E-state index in [2.05, 4.69) is 39.0 Å². The number of nitrogens with zero attached hydrogens (tertiary/aromatic N) is 3. The number of nitrogens with one attached hydrogen (secondary N) is 1. The molecule has 0 aliphatic carbocycles. The van der Waals surface area contributed by atoms with Gasteiger partial charge in [-0.2, -0.15) is 0 Å². The molecule has 1 aromatic heterocycles. The van der Waals surface area contributed by atoms with E-state index in [0.717, 1.165) is 81.4 Å². The largest absolute Gasteiger partial charge is 0.379 e. The minimum absolute atomic E-state index is 0.124. The average Bonchev–Trinajstić information content (AvgIpc) is 3.02. The van der Waals surface area contributed by atoms with E-state index >= 15 is 0 Å². The maximum absolute atomic E-state index is 13.3. The lowest BCUT2D eigenvalue weighted by Crippen LogP contribution is -2.35. The molecule has 6 heteroatoms. The van der Waals surface area contributed by atoms with Crippen molar-refractivity contribution in [3.8, 4) is 11.4 Å². The third-order valence-electron chi connectivity index (χ3n) is 6.31. The Morgan fingerprint density at radius 1 is 0.969 bits per heavy atom. The molecule has 1 N–H and O–H groups in total. The molecule has 1 amide bonds. The molecule has 0 spiro atoms. The van der Waals surface area contributed by atoms with Crippen LogP contribution in [0.5, 0.6) is 0 Å². The second-order valence-corrected chi connectivity index (χ2v) is 8.60. The SMILES string of the molecule is O=C(Nc1cccc(CN2CCOCC2)c1)c1nc(-c2ccccc2)n2c1CCCCC2. The summed E-state index contributed by atoms with van der Waals surface area (Å²) in [5.41, 5.74) is 4.69. The monoisotopic (exact) mass is 430 g/mol. The molecule has 2 aliphatic heterocycles. The fourth-order valence-corrected chi connectivity index (χ4v) is 4.66. The lowest BCUT2D eigenvalue weighted by Gasteiger charge is -2.26. The summed E-state index contributed by atoms with van der Waals surface area (Å²) in [5, 5.41) is 3.11. The number of hydrogen-bond donors (Lipinski definition) is 1. The molecule has 1 saturated heterocycles. The molecule has 32 heavy (non-hydrogen) atoms. The molecule has 0 unspecified atom stereocenters. The fourth-order valence-electron chi connectivity index (χ4n) is 4.66. The van der Waals surface area contributed by atoms with Gasteiger partial charge < -0.3 is 14.6 Å². The third-order valence-corrected chi connectivity index (χ3v) is 6.31. The summed E-state index contributed by atoms with van der Waals surface area (Å²) in [6, 6.07) is 18.3. The maximum Gasteiger partial charge on any atom is 0.276 e. The second-order valence-electron chi connectivity index (χ2n) is 8.60. The molecule has 3 aromatic rings. The van der Waals surface area contributed by atoms with Gasteiger partial charge in [-0.3, -0.25) is 9.69 Å². The molecular formula is C26H30N4O2. The number of carbonyl (C=O) groups is 1. The number of rotatable bonds is 5. The Balaban J connectivity index is 1.39. The molecule has 6 nitrogen and oxygen atoms in total. The van der Waals surface area contributed by atoms with Crippen molar-refractivity contribution < 1.29 is 9.53 Å². The first-order valence-electron chi connectivity index (χ1n) is 11.6. The van der Waals surface area contributed by atoms with Crippen LogP contribution in [0, 0.1) is 0 Å². The van der Waals surface area contributed by atoms with Gasteiger partial charge in [0.2, 0.25) is 0 Å². The van der Waals surface area contributed by atoms with Crippen LogP contribution in [0.15, 0.2) is 54.6 Å². The van der Waals surface area contributed by atoms with Crippen LogP contribution in [0.25, 0.3) is 11.4 Å². The lowest BCUT2D eigenvalue weighted by molar-refractivity contribution is 0.0342. The van der Waals surface area contributed by atoms with E-state index in [0.29, 0.717) is 5.69 Å². The average molecular weight is 431 g/mol. The van der Waals surface area contributed by atoms with E-state index < -0.39 is 0 Å². The number of carbonyl (C=O) groups excluding carboxylic acids is 1. The van der Waals surface area contributed by atoms with E-state index in [-0.39, 0.29) is 5.91 Å². The predicted molar refractivity (Wildman–Crippen MR) is 126 cm³/mol. The molecular weight excluding hydrogens is 400 g/mol. The second kappa shape index (κ2) is 9.67. The van der Waals surface area contributed by atoms with Gasteiger partial charge in [0.15, 0.2) is 0 Å². The number of amides is 1. The summed E-state index contributed by atoms with van der Waals surface area (Å²) in [6.07, 6.45) is 4.28. The van der Waals surface area contributed by atoms with Crippen molar-refractivity contribution in [2.45, 2.75) is 38.8 Å². The number of anilines is 1. The predicted octanol–water partition coefficient (Wildman–Crippen LogP) is 4.36. The van der Waals surface area contributed by atoms with Crippen molar-refractivity contribution in [1.29, 1.82) is 0 Å². The summed E-state index contributed by atoms with van der Waals surface area (Å²) >= 11 is 0. The highest BCUT2D eigenvalue weighted by Gasteiger charge is 2.24. The normalized spacial score (nSPS) is 16.9. The quantitative estimate of drug-likeness (QED) is 0.653. The van der Waals surface area contributed by atoms with Gasteiger partial charge in [0.05, 0.1) is 18.9 Å². The highest BCUT2D eigenvalue weighted by molar-refractivity contribution is 6.04. The minimum Gasteiger partial charge on any atom is -0.379 e. The van der Waals surface area contributed by atoms with E-state index in [1.807, 2.05) is 30.3 Å². The minimum atomic E-state index is -0.124. The van der Waals surface area contributed by atoms with Gasteiger partial charge in [-0.25, -0.2) is 4.98 Å². The Labute approximate surface area is 189 Å². The zero-order valence-corrected chi connectivity index (χ0v) is 18.4. The molecule has 0 saturated carbocycles. The third kappa shape index (κ3) is 4.61. The van der Waals surface area contributed by atoms with E-state index in [4.69, 9.17) is 9.72 Å². The molecule has 1 fully saturated rings. The Kier molecular flexibility index (Phi) is 6.32. The van der Waals surface area contributed by atoms with Crippen LogP contribution in [0.3, 0.4) is 0 Å². The summed E-state index contributed by atoms with van der Waals surface area (Å²) < 4.78 is 7.70. The Morgan fingerprint density at radius 3 is 2.66 bits per heavy atom. The lowest BCUT2D eigenvalue weighted by atomic mass is 10.1. The maximum atomic E-state index is 13.3. The summed E-state index contributed by atoms with van der Waals surface area (Å²) in [4.78, 5) is 20.6. The van der Waals surface area contributed by atoms with Crippen molar-refractivity contribution in [1.82, 2.24) is 14.5 Å². The van der Waals surface area contributed by atoms with Crippen LogP contribution >= 0.6 is 0 Å². The van der Waals surface area contributed by atoms with Gasteiger partial charge in [-0.15, -0.1) is 0 Å². The van der Waals surface area contributed by atoms with Crippen molar-refractivity contribution >= 4 is 11.6 Å². The number of benzene rings is 2.